The summed E-state index contributed by atoms with van der Waals surface area (Å²) >= 11 is 0. The maximum absolute atomic E-state index is 12.5. The molecule has 0 aliphatic carbocycles. The second kappa shape index (κ2) is 9.09. The molecule has 3 aromatic rings. The van der Waals surface area contributed by atoms with E-state index >= 15 is 0 Å². The van der Waals surface area contributed by atoms with Gasteiger partial charge in [-0.25, -0.2) is 4.98 Å². The van der Waals surface area contributed by atoms with Crippen molar-refractivity contribution in [2.24, 2.45) is 4.99 Å². The number of para-hydroxylation sites is 2. The predicted octanol–water partition coefficient (Wildman–Crippen LogP) is 4.81. The molecule has 1 aliphatic heterocycles. The lowest BCUT2D eigenvalue weighted by Crippen LogP contribution is -2.56. The summed E-state index contributed by atoms with van der Waals surface area (Å²) in [6, 6.07) is 19.7. The third-order valence-corrected chi connectivity index (χ3v) is 5.17. The summed E-state index contributed by atoms with van der Waals surface area (Å²) in [6.07, 6.45) is 3.44. The van der Waals surface area contributed by atoms with Crippen LogP contribution in [0.4, 0.5) is 23.1 Å². The summed E-state index contributed by atoms with van der Waals surface area (Å²) < 4.78 is 5.47. The number of aromatic nitrogens is 2. The van der Waals surface area contributed by atoms with Crippen molar-refractivity contribution in [2.75, 3.05) is 11.9 Å². The summed E-state index contributed by atoms with van der Waals surface area (Å²) in [4.78, 5) is 26.3. The maximum atomic E-state index is 12.5. The van der Waals surface area contributed by atoms with Gasteiger partial charge in [0.1, 0.15) is 17.8 Å². The van der Waals surface area contributed by atoms with E-state index in [0.717, 1.165) is 16.9 Å². The van der Waals surface area contributed by atoms with E-state index in [2.05, 4.69) is 39.8 Å². The molecule has 4 rings (SSSR count). The Morgan fingerprint density at radius 1 is 1.06 bits per heavy atom. The molecule has 2 N–H and O–H groups in total. The standard InChI is InChI=1S/C25H29N6O2/c1-18(19-10-6-5-7-11-19)29-24-26-15-14-22(30-24)31(28-16-23(32)33-25(2,3)4)17-27-20-12-8-9-13-21(20)31/h5-15,17-18,28H,16H2,1-4H3,(H,26,29,30)/q+1. The molecule has 2 aromatic carbocycles. The zero-order valence-electron chi connectivity index (χ0n) is 19.3. The third kappa shape index (κ3) is 5.08. The van der Waals surface area contributed by atoms with Crippen molar-refractivity contribution in [1.82, 2.24) is 20.0 Å². The Kier molecular flexibility index (Phi) is 6.22. The molecule has 0 saturated heterocycles. The monoisotopic (exact) mass is 445 g/mol. The third-order valence-electron chi connectivity index (χ3n) is 5.17. The van der Waals surface area contributed by atoms with Crippen LogP contribution in [0.2, 0.25) is 0 Å². The van der Waals surface area contributed by atoms with Gasteiger partial charge in [0.25, 0.3) is 5.82 Å². The molecule has 2 atom stereocenters. The van der Waals surface area contributed by atoms with Gasteiger partial charge in [-0.2, -0.15) is 9.98 Å². The highest BCUT2D eigenvalue weighted by molar-refractivity contribution is 5.93. The van der Waals surface area contributed by atoms with E-state index in [9.17, 15) is 4.79 Å². The van der Waals surface area contributed by atoms with Gasteiger partial charge in [0.2, 0.25) is 12.3 Å². The normalized spacial score (nSPS) is 17.9. The first kappa shape index (κ1) is 22.6. The van der Waals surface area contributed by atoms with Crippen molar-refractivity contribution in [3.63, 3.8) is 0 Å². The second-order valence-corrected chi connectivity index (χ2v) is 8.89. The number of fused-ring (bicyclic) bond motifs is 1. The smallest absolute Gasteiger partial charge is 0.325 e. The van der Waals surface area contributed by atoms with Crippen LogP contribution in [0, 0.1) is 0 Å². The average molecular weight is 446 g/mol. The van der Waals surface area contributed by atoms with Crippen LogP contribution in [0.3, 0.4) is 0 Å². The summed E-state index contributed by atoms with van der Waals surface area (Å²) in [5.41, 5.74) is 5.53. The number of hydrogen-bond donors (Lipinski definition) is 2. The molecule has 0 spiro atoms. The molecule has 0 bridgehead atoms. The highest BCUT2D eigenvalue weighted by Crippen LogP contribution is 2.41. The summed E-state index contributed by atoms with van der Waals surface area (Å²) in [7, 11) is 0. The van der Waals surface area contributed by atoms with Gasteiger partial charge >= 0.3 is 5.97 Å². The number of nitrogens with zero attached hydrogens (tertiary/aromatic N) is 4. The van der Waals surface area contributed by atoms with E-state index in [-0.39, 0.29) is 23.1 Å². The lowest BCUT2D eigenvalue weighted by atomic mass is 10.1. The molecule has 0 fully saturated rings. The maximum Gasteiger partial charge on any atom is 0.325 e. The highest BCUT2D eigenvalue weighted by atomic mass is 16.6. The number of rotatable bonds is 7. The number of quaternary nitrogens is 1. The average Bonchev–Trinajstić information content (AvgIpc) is 3.17. The van der Waals surface area contributed by atoms with E-state index < -0.39 is 5.60 Å². The molecule has 0 saturated carbocycles. The van der Waals surface area contributed by atoms with Gasteiger partial charge in [-0.3, -0.25) is 4.79 Å². The number of benzene rings is 2. The van der Waals surface area contributed by atoms with Crippen molar-refractivity contribution in [3.05, 3.63) is 72.4 Å². The van der Waals surface area contributed by atoms with Gasteiger partial charge in [0, 0.05) is 18.3 Å². The zero-order valence-corrected chi connectivity index (χ0v) is 19.3. The Bertz CT molecular complexity index is 1160. The van der Waals surface area contributed by atoms with Crippen molar-refractivity contribution >= 4 is 35.4 Å². The fraction of sp³-hybridized carbons (Fsp3) is 0.280. The fourth-order valence-electron chi connectivity index (χ4n) is 3.67. The van der Waals surface area contributed by atoms with Crippen LogP contribution in [-0.4, -0.2) is 34.4 Å². The second-order valence-electron chi connectivity index (χ2n) is 8.89. The molecule has 8 heteroatoms. The quantitative estimate of drug-likeness (QED) is 0.401. The van der Waals surface area contributed by atoms with Crippen LogP contribution >= 0.6 is 0 Å². The first-order valence-electron chi connectivity index (χ1n) is 10.9. The Morgan fingerprint density at radius 3 is 2.55 bits per heavy atom. The van der Waals surface area contributed by atoms with Crippen LogP contribution in [0.25, 0.3) is 0 Å². The minimum atomic E-state index is -0.569. The number of anilines is 1. The van der Waals surface area contributed by atoms with Crippen molar-refractivity contribution in [1.29, 1.82) is 0 Å². The number of carbonyl (C=O) groups excluding carboxylic acids is 1. The first-order chi connectivity index (χ1) is 15.8. The minimum Gasteiger partial charge on any atom is -0.459 e. The topological polar surface area (TPSA) is 88.5 Å². The highest BCUT2D eigenvalue weighted by Gasteiger charge is 2.41. The summed E-state index contributed by atoms with van der Waals surface area (Å²) in [6.45, 7) is 7.57. The minimum absolute atomic E-state index is 0.0177. The number of carbonyl (C=O) groups is 1. The van der Waals surface area contributed by atoms with E-state index in [1.807, 2.05) is 69.3 Å². The van der Waals surface area contributed by atoms with Crippen LogP contribution in [0.5, 0.6) is 0 Å². The van der Waals surface area contributed by atoms with E-state index in [1.54, 1.807) is 12.5 Å². The molecule has 2 heterocycles. The van der Waals surface area contributed by atoms with Gasteiger partial charge in [0.05, 0.1) is 6.04 Å². The molecule has 1 aromatic heterocycles. The number of hydrogen-bond acceptors (Lipinski definition) is 7. The van der Waals surface area contributed by atoms with Crippen LogP contribution in [0.15, 0.2) is 71.9 Å². The molecule has 170 valence electrons. The van der Waals surface area contributed by atoms with Gasteiger partial charge in [-0.05, 0) is 39.3 Å². The van der Waals surface area contributed by atoms with Crippen molar-refractivity contribution in [3.8, 4) is 0 Å². The number of ether oxygens (including phenoxy) is 1. The Balaban J connectivity index is 1.64. The Labute approximate surface area is 193 Å². The number of nitrogens with one attached hydrogen (secondary N) is 2. The van der Waals surface area contributed by atoms with E-state index in [1.165, 1.54) is 0 Å². The Hall–Kier alpha value is -3.62. The van der Waals surface area contributed by atoms with Gasteiger partial charge < -0.3 is 10.1 Å². The molecule has 33 heavy (non-hydrogen) atoms. The van der Waals surface area contributed by atoms with Crippen molar-refractivity contribution < 1.29 is 9.53 Å². The van der Waals surface area contributed by atoms with Crippen LogP contribution in [0.1, 0.15) is 39.3 Å². The predicted molar refractivity (Wildman–Crippen MR) is 130 cm³/mol. The van der Waals surface area contributed by atoms with Crippen LogP contribution in [-0.2, 0) is 9.53 Å². The molecule has 2 unspecified atom stereocenters. The lowest BCUT2D eigenvalue weighted by molar-refractivity contribution is -0.154. The Morgan fingerprint density at radius 2 is 1.79 bits per heavy atom. The molecule has 0 radical (unpaired) electrons. The van der Waals surface area contributed by atoms with E-state index in [4.69, 9.17) is 9.72 Å². The molecular formula is C25H29N6O2+. The molecule has 0 amide bonds. The molecule has 1 aliphatic rings. The fourth-order valence-corrected chi connectivity index (χ4v) is 3.67. The van der Waals surface area contributed by atoms with E-state index in [0.29, 0.717) is 11.8 Å². The van der Waals surface area contributed by atoms with Gasteiger partial charge in [0.15, 0.2) is 5.69 Å². The summed E-state index contributed by atoms with van der Waals surface area (Å²) in [5.74, 6) is 0.756. The number of esters is 1. The van der Waals surface area contributed by atoms with Crippen LogP contribution < -0.4 is 15.3 Å². The van der Waals surface area contributed by atoms with Gasteiger partial charge in [-0.1, -0.05) is 42.5 Å². The molecule has 8 nitrogen and oxygen atoms in total. The lowest BCUT2D eigenvalue weighted by Gasteiger charge is -2.29. The SMILES string of the molecule is CC(Nc1nccc([N+]2(NCC(=O)OC(C)(C)C)C=Nc3ccccc32)n1)c1ccccc1. The van der Waals surface area contributed by atoms with Crippen molar-refractivity contribution in [2.45, 2.75) is 39.3 Å². The number of aliphatic imine (C=N–C) groups is 1. The summed E-state index contributed by atoms with van der Waals surface area (Å²) in [5, 5.41) is 3.36. The largest absolute Gasteiger partial charge is 0.459 e. The molecular weight excluding hydrogens is 416 g/mol. The first-order valence-corrected chi connectivity index (χ1v) is 10.9. The van der Waals surface area contributed by atoms with Gasteiger partial charge in [-0.15, -0.1) is 10.0 Å². The zero-order chi connectivity index (χ0) is 23.5.